The van der Waals surface area contributed by atoms with Crippen LogP contribution in [0.1, 0.15) is 44.1 Å². The minimum Gasteiger partial charge on any atom is -0.456 e. The van der Waals surface area contributed by atoms with Crippen LogP contribution in [0.15, 0.2) is 29.2 Å². The third-order valence-electron chi connectivity index (χ3n) is 4.29. The first kappa shape index (κ1) is 19.4. The highest BCUT2D eigenvalue weighted by Crippen LogP contribution is 2.26. The Kier molecular flexibility index (Phi) is 6.95. The highest BCUT2D eigenvalue weighted by Gasteiger charge is 2.18. The number of hydrogen-bond donors (Lipinski definition) is 2. The van der Waals surface area contributed by atoms with E-state index in [2.05, 4.69) is 5.32 Å². The third-order valence-corrected chi connectivity index (χ3v) is 5.22. The van der Waals surface area contributed by atoms with Crippen LogP contribution in [0.2, 0.25) is 0 Å². The molecule has 1 fully saturated rings. The molecule has 0 heterocycles. The lowest BCUT2D eigenvalue weighted by molar-refractivity contribution is -0.149. The number of rotatable bonds is 7. The fourth-order valence-electron chi connectivity index (χ4n) is 2.88. The zero-order chi connectivity index (χ0) is 18.3. The maximum atomic E-state index is 11.8. The van der Waals surface area contributed by atoms with Crippen molar-refractivity contribution in [1.29, 1.82) is 0 Å². The first-order valence-corrected chi connectivity index (χ1v) is 9.93. The summed E-state index contributed by atoms with van der Waals surface area (Å²) in [4.78, 5) is 23.5. The first-order valence-electron chi connectivity index (χ1n) is 8.38. The van der Waals surface area contributed by atoms with Crippen molar-refractivity contribution in [2.45, 2.75) is 50.0 Å². The van der Waals surface area contributed by atoms with Crippen LogP contribution in [-0.4, -0.2) is 26.9 Å². The second kappa shape index (κ2) is 8.96. The molecule has 1 aromatic rings. The van der Waals surface area contributed by atoms with Crippen LogP contribution in [0.3, 0.4) is 0 Å². The molecule has 0 unspecified atom stereocenters. The topological polar surface area (TPSA) is 116 Å². The quantitative estimate of drug-likeness (QED) is 0.707. The van der Waals surface area contributed by atoms with Crippen molar-refractivity contribution in [2.75, 3.05) is 6.61 Å². The number of ether oxygens (including phenoxy) is 1. The largest absolute Gasteiger partial charge is 0.456 e. The maximum Gasteiger partial charge on any atom is 0.306 e. The fourth-order valence-corrected chi connectivity index (χ4v) is 3.40. The van der Waals surface area contributed by atoms with E-state index in [1.165, 1.54) is 18.6 Å². The van der Waals surface area contributed by atoms with Crippen molar-refractivity contribution in [1.82, 2.24) is 5.32 Å². The second-order valence-corrected chi connectivity index (χ2v) is 7.90. The summed E-state index contributed by atoms with van der Waals surface area (Å²) in [6.45, 7) is -0.0925. The number of benzene rings is 1. The summed E-state index contributed by atoms with van der Waals surface area (Å²) in [5.41, 5.74) is 0.717. The molecular formula is C17H24N2O5S. The van der Waals surface area contributed by atoms with Gasteiger partial charge in [0.1, 0.15) is 0 Å². The van der Waals surface area contributed by atoms with Gasteiger partial charge < -0.3 is 10.1 Å². The molecule has 3 N–H and O–H groups in total. The van der Waals surface area contributed by atoms with Crippen molar-refractivity contribution < 1.29 is 22.7 Å². The minimum absolute atomic E-state index is 0.0132. The van der Waals surface area contributed by atoms with Gasteiger partial charge in [0.2, 0.25) is 10.0 Å². The van der Waals surface area contributed by atoms with Gasteiger partial charge in [-0.05, 0) is 36.5 Å². The molecule has 1 aromatic carbocycles. The molecule has 2 rings (SSSR count). The van der Waals surface area contributed by atoms with Crippen molar-refractivity contribution in [3.8, 4) is 0 Å². The average molecular weight is 368 g/mol. The van der Waals surface area contributed by atoms with E-state index >= 15 is 0 Å². The van der Waals surface area contributed by atoms with E-state index in [1.54, 1.807) is 12.1 Å². The van der Waals surface area contributed by atoms with E-state index in [1.807, 2.05) is 0 Å². The summed E-state index contributed by atoms with van der Waals surface area (Å²) in [5, 5.41) is 7.64. The Hall–Kier alpha value is -1.93. The van der Waals surface area contributed by atoms with Gasteiger partial charge in [-0.3, -0.25) is 9.59 Å². The van der Waals surface area contributed by atoms with E-state index < -0.39 is 15.9 Å². The lowest BCUT2D eigenvalue weighted by atomic mass is 9.87. The number of amides is 1. The summed E-state index contributed by atoms with van der Waals surface area (Å²) >= 11 is 0. The van der Waals surface area contributed by atoms with Gasteiger partial charge in [0.15, 0.2) is 6.61 Å². The highest BCUT2D eigenvalue weighted by atomic mass is 32.2. The molecule has 7 nitrogen and oxygen atoms in total. The van der Waals surface area contributed by atoms with Gasteiger partial charge in [0.25, 0.3) is 5.91 Å². The summed E-state index contributed by atoms with van der Waals surface area (Å²) in [5.74, 6) is -0.353. The van der Waals surface area contributed by atoms with Gasteiger partial charge in [-0.25, -0.2) is 13.6 Å². The number of sulfonamides is 1. The number of nitrogens with two attached hydrogens (primary N) is 1. The van der Waals surface area contributed by atoms with Crippen LogP contribution in [0, 0.1) is 5.92 Å². The Labute approximate surface area is 148 Å². The molecule has 0 bridgehead atoms. The molecule has 0 spiro atoms. The molecule has 0 atom stereocenters. The van der Waals surface area contributed by atoms with Crippen molar-refractivity contribution in [3.63, 3.8) is 0 Å². The van der Waals surface area contributed by atoms with Crippen molar-refractivity contribution >= 4 is 21.9 Å². The molecule has 0 saturated heterocycles. The molecule has 8 heteroatoms. The zero-order valence-corrected chi connectivity index (χ0v) is 14.9. The Bertz CT molecular complexity index is 694. The SMILES string of the molecule is NS(=O)(=O)c1ccc(CNC(=O)COC(=O)CC2CCCCC2)cc1. The molecular weight excluding hydrogens is 344 g/mol. The van der Waals surface area contributed by atoms with Crippen LogP contribution < -0.4 is 10.5 Å². The van der Waals surface area contributed by atoms with Gasteiger partial charge in [-0.15, -0.1) is 0 Å². The predicted molar refractivity (Wildman–Crippen MR) is 91.8 cm³/mol. The van der Waals surface area contributed by atoms with E-state index in [4.69, 9.17) is 9.88 Å². The Morgan fingerprint density at radius 3 is 2.36 bits per heavy atom. The van der Waals surface area contributed by atoms with Crippen LogP contribution in [0.5, 0.6) is 0 Å². The van der Waals surface area contributed by atoms with Gasteiger partial charge in [-0.1, -0.05) is 31.4 Å². The number of nitrogens with one attached hydrogen (secondary N) is 1. The summed E-state index contributed by atoms with van der Waals surface area (Å²) < 4.78 is 27.3. The summed E-state index contributed by atoms with van der Waals surface area (Å²) in [7, 11) is -3.73. The molecule has 0 radical (unpaired) electrons. The number of carbonyl (C=O) groups excluding carboxylic acids is 2. The van der Waals surface area contributed by atoms with Crippen LogP contribution in [-0.2, 0) is 30.9 Å². The number of hydrogen-bond acceptors (Lipinski definition) is 5. The third kappa shape index (κ3) is 6.83. The maximum absolute atomic E-state index is 11.8. The first-order chi connectivity index (χ1) is 11.8. The van der Waals surface area contributed by atoms with E-state index in [0.29, 0.717) is 17.9 Å². The zero-order valence-electron chi connectivity index (χ0n) is 14.1. The van der Waals surface area contributed by atoms with Crippen molar-refractivity contribution in [2.24, 2.45) is 11.1 Å². The van der Waals surface area contributed by atoms with Gasteiger partial charge in [0, 0.05) is 13.0 Å². The Balaban J connectivity index is 1.68. The number of primary sulfonamides is 1. The molecule has 1 amide bonds. The molecule has 25 heavy (non-hydrogen) atoms. The van der Waals surface area contributed by atoms with Crippen LogP contribution >= 0.6 is 0 Å². The predicted octanol–water partition coefficient (Wildman–Crippen LogP) is 1.46. The summed E-state index contributed by atoms with van der Waals surface area (Å²) in [6, 6.07) is 5.88. The molecule has 138 valence electrons. The Morgan fingerprint density at radius 1 is 1.12 bits per heavy atom. The van der Waals surface area contributed by atoms with Gasteiger partial charge in [0.05, 0.1) is 4.90 Å². The van der Waals surface area contributed by atoms with Gasteiger partial charge >= 0.3 is 5.97 Å². The van der Waals surface area contributed by atoms with E-state index in [0.717, 1.165) is 25.7 Å². The molecule has 1 saturated carbocycles. The lowest BCUT2D eigenvalue weighted by Gasteiger charge is -2.20. The molecule has 0 aromatic heterocycles. The van der Waals surface area contributed by atoms with Crippen LogP contribution in [0.25, 0.3) is 0 Å². The minimum atomic E-state index is -3.73. The summed E-state index contributed by atoms with van der Waals surface area (Å²) in [6.07, 6.45) is 6.02. The molecule has 1 aliphatic rings. The highest BCUT2D eigenvalue weighted by molar-refractivity contribution is 7.89. The normalized spacial score (nSPS) is 15.6. The fraction of sp³-hybridized carbons (Fsp3) is 0.529. The van der Waals surface area contributed by atoms with E-state index in [9.17, 15) is 18.0 Å². The second-order valence-electron chi connectivity index (χ2n) is 6.33. The van der Waals surface area contributed by atoms with E-state index in [-0.39, 0.29) is 24.0 Å². The van der Waals surface area contributed by atoms with Crippen molar-refractivity contribution in [3.05, 3.63) is 29.8 Å². The smallest absolute Gasteiger partial charge is 0.306 e. The average Bonchev–Trinajstić information content (AvgIpc) is 2.58. The number of esters is 1. The number of carbonyl (C=O) groups is 2. The Morgan fingerprint density at radius 2 is 1.76 bits per heavy atom. The monoisotopic (exact) mass is 368 g/mol. The molecule has 1 aliphatic carbocycles. The standard InChI is InChI=1S/C17H24N2O5S/c18-25(22,23)15-8-6-14(7-9-15)11-19-16(20)12-24-17(21)10-13-4-2-1-3-5-13/h6-9,13H,1-5,10-12H2,(H,19,20)(H2,18,22,23). The molecule has 0 aliphatic heterocycles. The van der Waals surface area contributed by atoms with Crippen LogP contribution in [0.4, 0.5) is 0 Å². The lowest BCUT2D eigenvalue weighted by Crippen LogP contribution is -2.28. The van der Waals surface area contributed by atoms with Gasteiger partial charge in [-0.2, -0.15) is 0 Å².